The summed E-state index contributed by atoms with van der Waals surface area (Å²) in [7, 11) is 0. The van der Waals surface area contributed by atoms with Crippen molar-refractivity contribution < 1.29 is 4.79 Å². The second-order valence-electron chi connectivity index (χ2n) is 4.87. The smallest absolute Gasteiger partial charge is 0.240 e. The summed E-state index contributed by atoms with van der Waals surface area (Å²) < 4.78 is 0. The van der Waals surface area contributed by atoms with Crippen molar-refractivity contribution >= 4 is 12.1 Å². The molecule has 0 saturated carbocycles. The molecule has 3 heteroatoms. The van der Waals surface area contributed by atoms with E-state index in [2.05, 4.69) is 29.6 Å². The van der Waals surface area contributed by atoms with E-state index in [0.717, 1.165) is 24.0 Å². The highest BCUT2D eigenvalue weighted by Gasteiger charge is 2.00. The SMILES string of the molecule is CCc1ccc(/C=N/NC(=O)CCc2ccccc2)cc1. The number of carbonyl (C=O) groups is 1. The second kappa shape index (κ2) is 8.00. The van der Waals surface area contributed by atoms with Gasteiger partial charge in [0.25, 0.3) is 0 Å². The van der Waals surface area contributed by atoms with E-state index >= 15 is 0 Å². The van der Waals surface area contributed by atoms with Gasteiger partial charge >= 0.3 is 0 Å². The Kier molecular flexibility index (Phi) is 5.71. The second-order valence-corrected chi connectivity index (χ2v) is 4.87. The number of nitrogens with zero attached hydrogens (tertiary/aromatic N) is 1. The van der Waals surface area contributed by atoms with Gasteiger partial charge in [-0.1, -0.05) is 61.5 Å². The normalized spacial score (nSPS) is 10.7. The van der Waals surface area contributed by atoms with Gasteiger partial charge in [0, 0.05) is 6.42 Å². The Labute approximate surface area is 125 Å². The van der Waals surface area contributed by atoms with Crippen LogP contribution >= 0.6 is 0 Å². The summed E-state index contributed by atoms with van der Waals surface area (Å²) in [6.45, 7) is 2.12. The van der Waals surface area contributed by atoms with Crippen molar-refractivity contribution in [1.82, 2.24) is 5.43 Å². The summed E-state index contributed by atoms with van der Waals surface area (Å²) in [4.78, 5) is 11.7. The lowest BCUT2D eigenvalue weighted by molar-refractivity contribution is -0.121. The maximum Gasteiger partial charge on any atom is 0.240 e. The number of amides is 1. The summed E-state index contributed by atoms with van der Waals surface area (Å²) in [5.74, 6) is -0.0692. The molecule has 0 bridgehead atoms. The minimum absolute atomic E-state index is 0.0692. The summed E-state index contributed by atoms with van der Waals surface area (Å²) in [5, 5.41) is 3.98. The van der Waals surface area contributed by atoms with E-state index < -0.39 is 0 Å². The lowest BCUT2D eigenvalue weighted by atomic mass is 10.1. The first-order valence-electron chi connectivity index (χ1n) is 7.22. The number of benzene rings is 2. The van der Waals surface area contributed by atoms with Gasteiger partial charge in [-0.2, -0.15) is 5.10 Å². The predicted molar refractivity (Wildman–Crippen MR) is 86.3 cm³/mol. The summed E-state index contributed by atoms with van der Waals surface area (Å²) >= 11 is 0. The predicted octanol–water partition coefficient (Wildman–Crippen LogP) is 3.33. The van der Waals surface area contributed by atoms with Crippen molar-refractivity contribution in [2.45, 2.75) is 26.2 Å². The van der Waals surface area contributed by atoms with Crippen LogP contribution in [0.2, 0.25) is 0 Å². The first kappa shape index (κ1) is 15.0. The van der Waals surface area contributed by atoms with Crippen LogP contribution < -0.4 is 5.43 Å². The maximum atomic E-state index is 11.7. The molecular formula is C18H20N2O. The topological polar surface area (TPSA) is 41.5 Å². The molecule has 0 heterocycles. The summed E-state index contributed by atoms with van der Waals surface area (Å²) in [6, 6.07) is 18.1. The van der Waals surface area contributed by atoms with E-state index in [-0.39, 0.29) is 5.91 Å². The molecule has 1 amide bonds. The van der Waals surface area contributed by atoms with Crippen molar-refractivity contribution in [2.24, 2.45) is 5.10 Å². The number of rotatable bonds is 6. The highest BCUT2D eigenvalue weighted by atomic mass is 16.2. The van der Waals surface area contributed by atoms with Gasteiger partial charge in [0.05, 0.1) is 6.21 Å². The molecule has 0 aliphatic rings. The minimum Gasteiger partial charge on any atom is -0.273 e. The molecule has 0 spiro atoms. The Morgan fingerprint density at radius 3 is 2.43 bits per heavy atom. The highest BCUT2D eigenvalue weighted by Crippen LogP contribution is 2.03. The van der Waals surface area contributed by atoms with Crippen molar-refractivity contribution in [3.8, 4) is 0 Å². The third kappa shape index (κ3) is 5.22. The average Bonchev–Trinajstić information content (AvgIpc) is 2.54. The third-order valence-corrected chi connectivity index (χ3v) is 3.27. The molecule has 1 N–H and O–H groups in total. The molecule has 2 aromatic rings. The first-order valence-corrected chi connectivity index (χ1v) is 7.22. The monoisotopic (exact) mass is 280 g/mol. The number of aryl methyl sites for hydroxylation is 2. The maximum absolute atomic E-state index is 11.7. The molecule has 3 nitrogen and oxygen atoms in total. The van der Waals surface area contributed by atoms with Gasteiger partial charge < -0.3 is 0 Å². The fourth-order valence-electron chi connectivity index (χ4n) is 1.98. The third-order valence-electron chi connectivity index (χ3n) is 3.27. The van der Waals surface area contributed by atoms with Gasteiger partial charge in [0.1, 0.15) is 0 Å². The number of hydrogen-bond acceptors (Lipinski definition) is 2. The molecular weight excluding hydrogens is 260 g/mol. The lowest BCUT2D eigenvalue weighted by Crippen LogP contribution is -2.17. The minimum atomic E-state index is -0.0692. The molecule has 0 unspecified atom stereocenters. The Balaban J connectivity index is 1.76. The molecule has 2 aromatic carbocycles. The Morgan fingerprint density at radius 2 is 1.76 bits per heavy atom. The van der Waals surface area contributed by atoms with Crippen molar-refractivity contribution in [1.29, 1.82) is 0 Å². The van der Waals surface area contributed by atoms with Crippen molar-refractivity contribution in [3.63, 3.8) is 0 Å². The molecule has 0 aromatic heterocycles. The molecule has 0 atom stereocenters. The van der Waals surface area contributed by atoms with Gasteiger partial charge in [-0.3, -0.25) is 4.79 Å². The van der Waals surface area contributed by atoms with Gasteiger partial charge in [-0.05, 0) is 29.5 Å². The zero-order chi connectivity index (χ0) is 14.9. The van der Waals surface area contributed by atoms with E-state index in [1.807, 2.05) is 42.5 Å². The van der Waals surface area contributed by atoms with Crippen LogP contribution in [0.4, 0.5) is 0 Å². The zero-order valence-electron chi connectivity index (χ0n) is 12.3. The van der Waals surface area contributed by atoms with Crippen LogP contribution in [0.25, 0.3) is 0 Å². The molecule has 108 valence electrons. The average molecular weight is 280 g/mol. The molecule has 21 heavy (non-hydrogen) atoms. The Hall–Kier alpha value is -2.42. The molecule has 0 saturated heterocycles. The Morgan fingerprint density at radius 1 is 1.05 bits per heavy atom. The summed E-state index contributed by atoms with van der Waals surface area (Å²) in [6.07, 6.45) is 3.86. The molecule has 2 rings (SSSR count). The molecule has 0 aliphatic heterocycles. The van der Waals surface area contributed by atoms with E-state index in [1.165, 1.54) is 5.56 Å². The highest BCUT2D eigenvalue weighted by molar-refractivity contribution is 5.82. The van der Waals surface area contributed by atoms with Crippen LogP contribution in [0.3, 0.4) is 0 Å². The molecule has 0 fully saturated rings. The molecule has 0 aliphatic carbocycles. The fraction of sp³-hybridized carbons (Fsp3) is 0.222. The van der Waals surface area contributed by atoms with Crippen LogP contribution in [0.5, 0.6) is 0 Å². The first-order chi connectivity index (χ1) is 10.3. The van der Waals surface area contributed by atoms with Crippen molar-refractivity contribution in [3.05, 3.63) is 71.3 Å². The van der Waals surface area contributed by atoms with Crippen molar-refractivity contribution in [2.75, 3.05) is 0 Å². The van der Waals surface area contributed by atoms with E-state index in [0.29, 0.717) is 6.42 Å². The number of nitrogens with one attached hydrogen (secondary N) is 1. The van der Waals surface area contributed by atoms with E-state index in [4.69, 9.17) is 0 Å². The van der Waals surface area contributed by atoms with Crippen LogP contribution in [0, 0.1) is 0 Å². The number of hydrazone groups is 1. The number of carbonyl (C=O) groups excluding carboxylic acids is 1. The number of hydrogen-bond donors (Lipinski definition) is 1. The van der Waals surface area contributed by atoms with E-state index in [9.17, 15) is 4.79 Å². The van der Waals surface area contributed by atoms with Crippen LogP contribution in [0.1, 0.15) is 30.0 Å². The van der Waals surface area contributed by atoms with E-state index in [1.54, 1.807) is 6.21 Å². The molecule has 0 radical (unpaired) electrons. The largest absolute Gasteiger partial charge is 0.273 e. The van der Waals surface area contributed by atoms with Gasteiger partial charge in [-0.15, -0.1) is 0 Å². The van der Waals surface area contributed by atoms with Crippen LogP contribution in [0.15, 0.2) is 59.7 Å². The van der Waals surface area contributed by atoms with Gasteiger partial charge in [-0.25, -0.2) is 5.43 Å². The standard InChI is InChI=1S/C18H20N2O/c1-2-15-8-10-17(11-9-15)14-19-20-18(21)13-12-16-6-4-3-5-7-16/h3-11,14H,2,12-13H2,1H3,(H,20,21)/b19-14+. The zero-order valence-corrected chi connectivity index (χ0v) is 12.3. The summed E-state index contributed by atoms with van der Waals surface area (Å²) in [5.41, 5.74) is 5.99. The quantitative estimate of drug-likeness (QED) is 0.640. The van der Waals surface area contributed by atoms with Crippen LogP contribution in [-0.2, 0) is 17.6 Å². The van der Waals surface area contributed by atoms with Gasteiger partial charge in [0.15, 0.2) is 0 Å². The Bertz CT molecular complexity index is 588. The lowest BCUT2D eigenvalue weighted by Gasteiger charge is -2.01. The van der Waals surface area contributed by atoms with Gasteiger partial charge in [0.2, 0.25) is 5.91 Å². The van der Waals surface area contributed by atoms with Crippen LogP contribution in [-0.4, -0.2) is 12.1 Å². The fourth-order valence-corrected chi connectivity index (χ4v) is 1.98.